The molecule has 1 saturated carbocycles. The first kappa shape index (κ1) is 69.8. The molecular formula is C61H109O12P. The topological polar surface area (TPSA) is 192 Å². The van der Waals surface area contributed by atoms with Gasteiger partial charge in [-0.15, -0.1) is 0 Å². The van der Waals surface area contributed by atoms with Crippen molar-refractivity contribution in [2.45, 2.75) is 288 Å². The number of ether oxygens (including phenoxy) is 2. The van der Waals surface area contributed by atoms with Gasteiger partial charge in [-0.1, -0.05) is 228 Å². The highest BCUT2D eigenvalue weighted by Gasteiger charge is 2.51. The molecule has 0 aliphatic heterocycles. The second-order valence-corrected chi connectivity index (χ2v) is 21.9. The molecule has 0 heterocycles. The average Bonchev–Trinajstić information content (AvgIpc) is 3.39. The number of esters is 1. The van der Waals surface area contributed by atoms with Gasteiger partial charge in [0.05, 0.1) is 13.2 Å². The molecule has 1 aliphatic carbocycles. The molecule has 0 radical (unpaired) electrons. The number of aliphatic hydroxyl groups excluding tert-OH is 5. The predicted molar refractivity (Wildman–Crippen MR) is 304 cm³/mol. The van der Waals surface area contributed by atoms with Gasteiger partial charge in [-0.05, 0) is 83.5 Å². The fourth-order valence-electron chi connectivity index (χ4n) is 8.91. The van der Waals surface area contributed by atoms with Crippen LogP contribution in [-0.4, -0.2) is 98.9 Å². The van der Waals surface area contributed by atoms with Crippen LogP contribution in [0.1, 0.15) is 245 Å². The average molecular weight is 1070 g/mol. The van der Waals surface area contributed by atoms with Crippen molar-refractivity contribution in [3.05, 3.63) is 72.9 Å². The normalized spacial score (nSPS) is 20.9. The van der Waals surface area contributed by atoms with Gasteiger partial charge in [0, 0.05) is 13.0 Å². The van der Waals surface area contributed by atoms with E-state index in [2.05, 4.69) is 86.8 Å². The van der Waals surface area contributed by atoms with Crippen molar-refractivity contribution in [2.24, 2.45) is 0 Å². The number of hydrogen-bond acceptors (Lipinski definition) is 11. The molecule has 0 bridgehead atoms. The van der Waals surface area contributed by atoms with E-state index in [1.165, 1.54) is 135 Å². The Morgan fingerprint density at radius 1 is 0.446 bits per heavy atom. The first-order valence-corrected chi connectivity index (χ1v) is 31.3. The van der Waals surface area contributed by atoms with E-state index < -0.39 is 63.1 Å². The lowest BCUT2D eigenvalue weighted by Gasteiger charge is -2.41. The zero-order valence-electron chi connectivity index (χ0n) is 46.6. The SMILES string of the molecule is CC/C=C\C/C=C\C/C=C\C/C=C\C/C=C\CCCCCCCCCCOCC(COP(=O)(O)OC1C(O)C(O)C(O)C(O)C1O)OC(=O)CCCCCCCCCCCCC/C=C\CCCCCCCCCC. The van der Waals surface area contributed by atoms with Gasteiger partial charge in [-0.3, -0.25) is 13.8 Å². The van der Waals surface area contributed by atoms with Gasteiger partial charge in [0.2, 0.25) is 0 Å². The molecule has 0 saturated heterocycles. The van der Waals surface area contributed by atoms with Crippen LogP contribution in [0.15, 0.2) is 72.9 Å². The van der Waals surface area contributed by atoms with Crippen molar-refractivity contribution in [2.75, 3.05) is 19.8 Å². The second-order valence-electron chi connectivity index (χ2n) is 20.5. The number of aliphatic hydroxyl groups is 5. The van der Waals surface area contributed by atoms with Crippen molar-refractivity contribution in [3.8, 4) is 0 Å². The number of hydrogen-bond donors (Lipinski definition) is 6. The number of rotatable bonds is 51. The Kier molecular flexibility index (Phi) is 47.4. The monoisotopic (exact) mass is 1060 g/mol. The van der Waals surface area contributed by atoms with Crippen LogP contribution in [0.3, 0.4) is 0 Å². The lowest BCUT2D eigenvalue weighted by molar-refractivity contribution is -0.220. The van der Waals surface area contributed by atoms with E-state index in [-0.39, 0.29) is 13.0 Å². The van der Waals surface area contributed by atoms with E-state index in [0.29, 0.717) is 13.0 Å². The van der Waals surface area contributed by atoms with Gasteiger partial charge in [-0.25, -0.2) is 4.57 Å². The summed E-state index contributed by atoms with van der Waals surface area (Å²) >= 11 is 0. The van der Waals surface area contributed by atoms with Gasteiger partial charge in [0.15, 0.2) is 0 Å². The van der Waals surface area contributed by atoms with Crippen LogP contribution in [0.2, 0.25) is 0 Å². The van der Waals surface area contributed by atoms with Crippen LogP contribution in [0.5, 0.6) is 0 Å². The molecule has 0 aromatic rings. The van der Waals surface area contributed by atoms with Crippen molar-refractivity contribution in [1.82, 2.24) is 0 Å². The summed E-state index contributed by atoms with van der Waals surface area (Å²) in [7, 11) is -5.03. The lowest BCUT2D eigenvalue weighted by atomic mass is 9.85. The Morgan fingerprint density at radius 2 is 0.797 bits per heavy atom. The zero-order chi connectivity index (χ0) is 54.0. The highest BCUT2D eigenvalue weighted by Crippen LogP contribution is 2.47. The summed E-state index contributed by atoms with van der Waals surface area (Å²) in [6.45, 7) is 4.16. The minimum atomic E-state index is -5.03. The Labute approximate surface area is 450 Å². The molecular weight excluding hydrogens is 956 g/mol. The fourth-order valence-corrected chi connectivity index (χ4v) is 9.88. The van der Waals surface area contributed by atoms with Gasteiger partial charge in [0.1, 0.15) is 42.7 Å². The minimum absolute atomic E-state index is 0.0849. The Balaban J connectivity index is 2.28. The van der Waals surface area contributed by atoms with E-state index >= 15 is 0 Å². The Bertz CT molecular complexity index is 1500. The van der Waals surface area contributed by atoms with E-state index in [1.807, 2.05) is 0 Å². The number of carbonyl (C=O) groups excluding carboxylic acids is 1. The molecule has 0 amide bonds. The lowest BCUT2D eigenvalue weighted by Crippen LogP contribution is -2.64. The van der Waals surface area contributed by atoms with E-state index in [9.17, 15) is 39.8 Å². The van der Waals surface area contributed by atoms with E-state index in [1.54, 1.807) is 0 Å². The van der Waals surface area contributed by atoms with Crippen LogP contribution in [0.4, 0.5) is 0 Å². The second kappa shape index (κ2) is 50.3. The number of unbranched alkanes of at least 4 members (excludes halogenated alkanes) is 27. The molecule has 13 heteroatoms. The Morgan fingerprint density at radius 3 is 1.23 bits per heavy atom. The van der Waals surface area contributed by atoms with Crippen molar-refractivity contribution in [1.29, 1.82) is 0 Å². The molecule has 1 fully saturated rings. The molecule has 0 aromatic heterocycles. The number of allylic oxidation sites excluding steroid dienone is 12. The third-order valence-corrected chi connectivity index (χ3v) is 14.5. The number of phosphoric ester groups is 1. The van der Waals surface area contributed by atoms with Crippen LogP contribution < -0.4 is 0 Å². The van der Waals surface area contributed by atoms with Gasteiger partial charge < -0.3 is 39.9 Å². The first-order valence-electron chi connectivity index (χ1n) is 29.8. The maximum absolute atomic E-state index is 12.9. The molecule has 1 rings (SSSR count). The third-order valence-electron chi connectivity index (χ3n) is 13.6. The summed E-state index contributed by atoms with van der Waals surface area (Å²) in [6.07, 6.45) is 55.4. The highest BCUT2D eigenvalue weighted by atomic mass is 31.2. The van der Waals surface area contributed by atoms with Crippen LogP contribution in [-0.2, 0) is 27.9 Å². The number of phosphoric acid groups is 1. The summed E-state index contributed by atoms with van der Waals surface area (Å²) < 4.78 is 34.4. The third kappa shape index (κ3) is 41.0. The van der Waals surface area contributed by atoms with Gasteiger partial charge in [0.25, 0.3) is 0 Å². The van der Waals surface area contributed by atoms with Gasteiger partial charge >= 0.3 is 13.8 Å². The molecule has 6 unspecified atom stereocenters. The summed E-state index contributed by atoms with van der Waals surface area (Å²) in [5.41, 5.74) is 0. The zero-order valence-corrected chi connectivity index (χ0v) is 47.5. The Hall–Kier alpha value is -2.22. The standard InChI is InChI=1S/C61H109O12P/c1-3-5-7-9-11-13-15-17-19-21-23-25-27-29-31-33-35-37-39-41-43-45-47-49-51-70-52-54(53-71-74(68,69)73-61-59(66)57(64)56(63)58(65)60(61)67)72-55(62)50-48-46-44-42-40-38-36-34-32-30-28-26-24-22-20-18-16-14-12-10-8-6-4-2/h5,7,11,13,17,19,22-25,29,31,54,56-61,63-67H,3-4,6,8-10,12,14-16,18,20-21,26-28,30,32-53H2,1-2H3,(H,68,69)/b7-5-,13-11-,19-17-,24-22-,25-23-,31-29-. The fraction of sp³-hybridized carbons (Fsp3) is 0.787. The minimum Gasteiger partial charge on any atom is -0.457 e. The molecule has 1 aliphatic rings. The summed E-state index contributed by atoms with van der Waals surface area (Å²) in [6, 6.07) is 0. The van der Waals surface area contributed by atoms with Gasteiger partial charge in [-0.2, -0.15) is 0 Å². The smallest absolute Gasteiger partial charge is 0.457 e. The first-order chi connectivity index (χ1) is 36.0. The summed E-state index contributed by atoms with van der Waals surface area (Å²) in [4.78, 5) is 23.4. The van der Waals surface area contributed by atoms with E-state index in [0.717, 1.165) is 83.5 Å². The number of carbonyl (C=O) groups is 1. The van der Waals surface area contributed by atoms with Crippen LogP contribution in [0.25, 0.3) is 0 Å². The summed E-state index contributed by atoms with van der Waals surface area (Å²) in [5.74, 6) is -0.480. The largest absolute Gasteiger partial charge is 0.472 e. The van der Waals surface area contributed by atoms with E-state index in [4.69, 9.17) is 18.5 Å². The predicted octanol–water partition coefficient (Wildman–Crippen LogP) is 14.7. The highest BCUT2D eigenvalue weighted by molar-refractivity contribution is 7.47. The van der Waals surface area contributed by atoms with Crippen LogP contribution in [0, 0.1) is 0 Å². The van der Waals surface area contributed by atoms with Crippen LogP contribution >= 0.6 is 7.82 Å². The van der Waals surface area contributed by atoms with Crippen molar-refractivity contribution < 1.29 is 58.3 Å². The molecule has 74 heavy (non-hydrogen) atoms. The van der Waals surface area contributed by atoms with Crippen molar-refractivity contribution in [3.63, 3.8) is 0 Å². The summed E-state index contributed by atoms with van der Waals surface area (Å²) in [5, 5.41) is 50.5. The molecule has 6 atom stereocenters. The van der Waals surface area contributed by atoms with Crippen molar-refractivity contribution >= 4 is 13.8 Å². The molecule has 430 valence electrons. The quantitative estimate of drug-likeness (QED) is 0.0146. The molecule has 0 aromatic carbocycles. The molecule has 0 spiro atoms. The molecule has 6 N–H and O–H groups in total. The molecule has 12 nitrogen and oxygen atoms in total. The maximum atomic E-state index is 12.9. The maximum Gasteiger partial charge on any atom is 0.472 e.